The van der Waals surface area contributed by atoms with Gasteiger partial charge in [-0.05, 0) is 42.7 Å². The van der Waals surface area contributed by atoms with E-state index in [9.17, 15) is 9.59 Å². The largest absolute Gasteiger partial charge is 0.352 e. The molecule has 0 saturated heterocycles. The van der Waals surface area contributed by atoms with Gasteiger partial charge in [0, 0.05) is 29.4 Å². The molecule has 1 heterocycles. The molecule has 0 fully saturated rings. The molecule has 5 nitrogen and oxygen atoms in total. The van der Waals surface area contributed by atoms with Gasteiger partial charge in [0.25, 0.3) is 11.8 Å². The molecule has 0 unspecified atom stereocenters. The number of hydrogen-bond donors (Lipinski definition) is 2. The van der Waals surface area contributed by atoms with Gasteiger partial charge in [0.15, 0.2) is 0 Å². The van der Waals surface area contributed by atoms with Gasteiger partial charge < -0.3 is 10.6 Å². The Balaban J connectivity index is 1.85. The highest BCUT2D eigenvalue weighted by Gasteiger charge is 2.14. The monoisotopic (exact) mass is 361 g/mol. The lowest BCUT2D eigenvalue weighted by molar-refractivity contribution is 0.0947. The normalized spacial score (nSPS) is 10.8. The molecule has 1 aromatic heterocycles. The number of nitrogens with zero attached hydrogens (tertiary/aromatic N) is 1. The molecule has 0 aliphatic rings. The maximum Gasteiger partial charge on any atom is 0.257 e. The van der Waals surface area contributed by atoms with Crippen LogP contribution in [0.2, 0.25) is 0 Å². The summed E-state index contributed by atoms with van der Waals surface area (Å²) in [6.07, 6.45) is 1.67. The van der Waals surface area contributed by atoms with E-state index < -0.39 is 0 Å². The van der Waals surface area contributed by atoms with Gasteiger partial charge in [-0.15, -0.1) is 0 Å². The molecular weight excluding hydrogens is 338 g/mol. The minimum Gasteiger partial charge on any atom is -0.352 e. The molecule has 0 radical (unpaired) electrons. The van der Waals surface area contributed by atoms with Crippen LogP contribution in [0.25, 0.3) is 10.9 Å². The van der Waals surface area contributed by atoms with Crippen molar-refractivity contribution in [1.82, 2.24) is 10.3 Å². The van der Waals surface area contributed by atoms with Crippen LogP contribution in [0.1, 0.15) is 40.1 Å². The molecule has 0 spiro atoms. The first kappa shape index (κ1) is 18.6. The Morgan fingerprint density at radius 1 is 1.04 bits per heavy atom. The third-order valence-corrected chi connectivity index (χ3v) is 4.30. The Morgan fingerprint density at radius 3 is 2.59 bits per heavy atom. The molecule has 5 heteroatoms. The second kappa shape index (κ2) is 7.99. The zero-order valence-electron chi connectivity index (χ0n) is 15.7. The van der Waals surface area contributed by atoms with Crippen LogP contribution in [-0.4, -0.2) is 23.3 Å². The molecule has 27 heavy (non-hydrogen) atoms. The number of para-hydroxylation sites is 1. The predicted octanol–water partition coefficient (Wildman–Crippen LogP) is 4.18. The molecule has 3 aromatic rings. The van der Waals surface area contributed by atoms with Gasteiger partial charge in [0.05, 0.1) is 11.1 Å². The zero-order chi connectivity index (χ0) is 19.4. The van der Waals surface area contributed by atoms with Crippen molar-refractivity contribution in [2.24, 2.45) is 5.92 Å². The first-order chi connectivity index (χ1) is 13.0. The fraction of sp³-hybridized carbons (Fsp3) is 0.227. The number of pyridine rings is 1. The number of hydrogen-bond acceptors (Lipinski definition) is 3. The van der Waals surface area contributed by atoms with Crippen LogP contribution < -0.4 is 10.6 Å². The van der Waals surface area contributed by atoms with Gasteiger partial charge >= 0.3 is 0 Å². The summed E-state index contributed by atoms with van der Waals surface area (Å²) < 4.78 is 0. The molecule has 0 atom stereocenters. The summed E-state index contributed by atoms with van der Waals surface area (Å²) in [5.74, 6) is -0.0226. The Labute approximate surface area is 158 Å². The summed E-state index contributed by atoms with van der Waals surface area (Å²) in [6, 6.07) is 14.6. The summed E-state index contributed by atoms with van der Waals surface area (Å²) in [7, 11) is 0. The fourth-order valence-electron chi connectivity index (χ4n) is 2.77. The Hall–Kier alpha value is -3.21. The third kappa shape index (κ3) is 4.31. The third-order valence-electron chi connectivity index (χ3n) is 4.30. The summed E-state index contributed by atoms with van der Waals surface area (Å²) in [4.78, 5) is 29.5. The lowest BCUT2D eigenvalue weighted by atomic mass is 10.1. The van der Waals surface area contributed by atoms with E-state index in [1.54, 1.807) is 24.4 Å². The number of fused-ring (bicyclic) bond motifs is 1. The van der Waals surface area contributed by atoms with Crippen molar-refractivity contribution in [2.75, 3.05) is 11.9 Å². The maximum absolute atomic E-state index is 12.8. The van der Waals surface area contributed by atoms with Crippen LogP contribution in [0.5, 0.6) is 0 Å². The smallest absolute Gasteiger partial charge is 0.257 e. The van der Waals surface area contributed by atoms with Crippen molar-refractivity contribution in [3.63, 3.8) is 0 Å². The molecule has 0 saturated carbocycles. The van der Waals surface area contributed by atoms with E-state index in [1.807, 2.05) is 51.1 Å². The second-order valence-corrected chi connectivity index (χ2v) is 6.97. The number of benzene rings is 2. The molecule has 138 valence electrons. The quantitative estimate of drug-likeness (QED) is 0.716. The number of carbonyl (C=O) groups is 2. The number of aryl methyl sites for hydroxylation is 1. The molecular formula is C22H23N3O2. The molecule has 3 rings (SSSR count). The maximum atomic E-state index is 12.8. The van der Waals surface area contributed by atoms with Gasteiger partial charge in [-0.2, -0.15) is 0 Å². The van der Waals surface area contributed by atoms with E-state index in [0.29, 0.717) is 34.8 Å². The molecule has 2 N–H and O–H groups in total. The zero-order valence-corrected chi connectivity index (χ0v) is 15.7. The first-order valence-electron chi connectivity index (χ1n) is 8.99. The van der Waals surface area contributed by atoms with Crippen LogP contribution in [0.3, 0.4) is 0 Å². The van der Waals surface area contributed by atoms with Crippen LogP contribution in [0.15, 0.2) is 54.7 Å². The van der Waals surface area contributed by atoms with Crippen LogP contribution in [0.4, 0.5) is 5.69 Å². The van der Waals surface area contributed by atoms with Crippen LogP contribution >= 0.6 is 0 Å². The van der Waals surface area contributed by atoms with E-state index in [2.05, 4.69) is 15.6 Å². The van der Waals surface area contributed by atoms with E-state index in [0.717, 1.165) is 10.9 Å². The summed E-state index contributed by atoms with van der Waals surface area (Å²) in [5, 5.41) is 6.72. The molecule has 0 aliphatic heterocycles. The number of nitrogens with one attached hydrogen (secondary N) is 2. The van der Waals surface area contributed by atoms with Crippen molar-refractivity contribution in [3.05, 3.63) is 71.4 Å². The lowest BCUT2D eigenvalue weighted by Crippen LogP contribution is -2.27. The van der Waals surface area contributed by atoms with Crippen LogP contribution in [0, 0.1) is 12.8 Å². The molecule has 0 bridgehead atoms. The summed E-state index contributed by atoms with van der Waals surface area (Å²) in [6.45, 7) is 6.58. The number of anilines is 1. The highest BCUT2D eigenvalue weighted by atomic mass is 16.2. The van der Waals surface area contributed by atoms with Crippen molar-refractivity contribution in [1.29, 1.82) is 0 Å². The number of rotatable bonds is 5. The Bertz CT molecular complexity index is 991. The summed E-state index contributed by atoms with van der Waals surface area (Å²) in [5.41, 5.74) is 3.18. The number of amides is 2. The van der Waals surface area contributed by atoms with E-state index in [4.69, 9.17) is 0 Å². The van der Waals surface area contributed by atoms with Crippen molar-refractivity contribution in [2.45, 2.75) is 20.8 Å². The minimum atomic E-state index is -0.248. The van der Waals surface area contributed by atoms with Gasteiger partial charge in [-0.1, -0.05) is 38.1 Å². The topological polar surface area (TPSA) is 71.1 Å². The van der Waals surface area contributed by atoms with Crippen molar-refractivity contribution < 1.29 is 9.59 Å². The van der Waals surface area contributed by atoms with Gasteiger partial charge in [0.1, 0.15) is 0 Å². The van der Waals surface area contributed by atoms with Crippen molar-refractivity contribution in [3.8, 4) is 0 Å². The molecule has 2 amide bonds. The lowest BCUT2D eigenvalue weighted by Gasteiger charge is -2.12. The highest BCUT2D eigenvalue weighted by molar-refractivity contribution is 6.12. The average molecular weight is 361 g/mol. The van der Waals surface area contributed by atoms with Crippen molar-refractivity contribution >= 4 is 28.4 Å². The Morgan fingerprint density at radius 2 is 1.81 bits per heavy atom. The standard InChI is InChI=1S/C22H23N3O2/c1-14(2)13-24-21(26)17-10-9-15(3)19(12-17)25-22(27)18-8-4-6-16-7-5-11-23-20(16)18/h4-12,14H,13H2,1-3H3,(H,24,26)(H,25,27). The van der Waals surface area contributed by atoms with Gasteiger partial charge in [0.2, 0.25) is 0 Å². The summed E-state index contributed by atoms with van der Waals surface area (Å²) >= 11 is 0. The molecule has 2 aromatic carbocycles. The first-order valence-corrected chi connectivity index (χ1v) is 8.99. The number of aromatic nitrogens is 1. The fourth-order valence-corrected chi connectivity index (χ4v) is 2.77. The van der Waals surface area contributed by atoms with E-state index in [-0.39, 0.29) is 11.8 Å². The SMILES string of the molecule is Cc1ccc(C(=O)NCC(C)C)cc1NC(=O)c1cccc2cccnc12. The minimum absolute atomic E-state index is 0.147. The van der Waals surface area contributed by atoms with E-state index in [1.165, 1.54) is 0 Å². The number of carbonyl (C=O) groups excluding carboxylic acids is 2. The van der Waals surface area contributed by atoms with E-state index >= 15 is 0 Å². The Kier molecular flexibility index (Phi) is 5.50. The molecule has 0 aliphatic carbocycles. The highest BCUT2D eigenvalue weighted by Crippen LogP contribution is 2.21. The second-order valence-electron chi connectivity index (χ2n) is 6.97. The predicted molar refractivity (Wildman–Crippen MR) is 108 cm³/mol. The van der Waals surface area contributed by atoms with Gasteiger partial charge in [-0.25, -0.2) is 0 Å². The average Bonchev–Trinajstić information content (AvgIpc) is 2.67. The van der Waals surface area contributed by atoms with Crippen LogP contribution in [-0.2, 0) is 0 Å². The van der Waals surface area contributed by atoms with Gasteiger partial charge in [-0.3, -0.25) is 14.6 Å².